The second-order valence-corrected chi connectivity index (χ2v) is 8.29. The van der Waals surface area contributed by atoms with Gasteiger partial charge in [-0.2, -0.15) is 0 Å². The number of hydrogen-bond donors (Lipinski definition) is 3. The molecule has 31 heavy (non-hydrogen) atoms. The number of amides is 1. The number of nitrogens with zero attached hydrogens (tertiary/aromatic N) is 4. The molecule has 0 radical (unpaired) electrons. The van der Waals surface area contributed by atoms with Gasteiger partial charge >= 0.3 is 0 Å². The maximum Gasteiger partial charge on any atom is 0.267 e. The van der Waals surface area contributed by atoms with Crippen LogP contribution in [-0.2, 0) is 28.2 Å². The van der Waals surface area contributed by atoms with Crippen LogP contribution in [0.2, 0.25) is 0 Å². The first-order valence-electron chi connectivity index (χ1n) is 10.7. The van der Waals surface area contributed by atoms with Crippen LogP contribution in [0.25, 0.3) is 6.08 Å². The van der Waals surface area contributed by atoms with E-state index in [4.69, 9.17) is 9.94 Å². The number of carbonyl (C=O) groups is 1. The molecule has 4 rings (SSSR count). The minimum absolute atomic E-state index is 0.367. The van der Waals surface area contributed by atoms with E-state index in [0.717, 1.165) is 38.0 Å². The molecule has 3 heterocycles. The van der Waals surface area contributed by atoms with Gasteiger partial charge in [-0.25, -0.2) is 5.48 Å². The first-order valence-corrected chi connectivity index (χ1v) is 10.7. The number of ether oxygens (including phenoxy) is 1. The fourth-order valence-corrected chi connectivity index (χ4v) is 4.27. The normalized spacial score (nSPS) is 21.5. The van der Waals surface area contributed by atoms with Crippen LogP contribution in [0.4, 0.5) is 0 Å². The van der Waals surface area contributed by atoms with Crippen molar-refractivity contribution in [2.75, 3.05) is 19.8 Å². The number of likely N-dealkylation sites (tertiary alicyclic amines) is 1. The smallest absolute Gasteiger partial charge is 0.267 e. The molecule has 9 heteroatoms. The van der Waals surface area contributed by atoms with Gasteiger partial charge in [-0.15, -0.1) is 5.10 Å². The van der Waals surface area contributed by atoms with Gasteiger partial charge in [-0.05, 0) is 36.6 Å². The van der Waals surface area contributed by atoms with Gasteiger partial charge in [0.05, 0.1) is 12.7 Å². The van der Waals surface area contributed by atoms with Crippen LogP contribution in [0.1, 0.15) is 42.5 Å². The van der Waals surface area contributed by atoms with Crippen molar-refractivity contribution in [3.05, 3.63) is 53.4 Å². The van der Waals surface area contributed by atoms with E-state index in [1.165, 1.54) is 11.6 Å². The van der Waals surface area contributed by atoms with Gasteiger partial charge in [-0.1, -0.05) is 29.5 Å². The number of carbonyl (C=O) groups excluding carboxylic acids is 1. The highest BCUT2D eigenvalue weighted by molar-refractivity contribution is 5.90. The van der Waals surface area contributed by atoms with Gasteiger partial charge in [0.25, 0.3) is 5.91 Å². The number of rotatable bonds is 7. The molecule has 1 aromatic carbocycles. The highest BCUT2D eigenvalue weighted by Crippen LogP contribution is 2.30. The van der Waals surface area contributed by atoms with Crippen LogP contribution in [0, 0.1) is 0 Å². The Hall–Kier alpha value is -2.59. The second-order valence-electron chi connectivity index (χ2n) is 8.29. The standard InChI is InChI=1S/C22H29N5O4/c28-21(24-30)8-7-17-3-5-18(6-4-17)14-26-11-1-2-19(26)15-27-16-20(23-25-27)22(29)9-12-31-13-10-22/h3-8,16,19,29-30H,1-2,9-15H2,(H,24,28). The lowest BCUT2D eigenvalue weighted by Gasteiger charge is -2.29. The van der Waals surface area contributed by atoms with Gasteiger partial charge in [0.15, 0.2) is 0 Å². The molecule has 3 N–H and O–H groups in total. The molecular formula is C22H29N5O4. The zero-order valence-electron chi connectivity index (χ0n) is 17.5. The van der Waals surface area contributed by atoms with E-state index in [1.54, 1.807) is 11.6 Å². The summed E-state index contributed by atoms with van der Waals surface area (Å²) in [6, 6.07) is 8.40. The van der Waals surface area contributed by atoms with Crippen molar-refractivity contribution >= 4 is 12.0 Å². The molecule has 2 aliphatic rings. The summed E-state index contributed by atoms with van der Waals surface area (Å²) >= 11 is 0. The molecule has 0 spiro atoms. The Balaban J connectivity index is 1.35. The number of hydrogen-bond acceptors (Lipinski definition) is 7. The largest absolute Gasteiger partial charge is 0.383 e. The summed E-state index contributed by atoms with van der Waals surface area (Å²) in [6.07, 6.45) is 8.17. The number of aromatic nitrogens is 3. The molecule has 166 valence electrons. The van der Waals surface area contributed by atoms with Gasteiger partial charge in [0.1, 0.15) is 11.3 Å². The third-order valence-electron chi connectivity index (χ3n) is 6.14. The predicted molar refractivity (Wildman–Crippen MR) is 113 cm³/mol. The van der Waals surface area contributed by atoms with E-state index < -0.39 is 11.5 Å². The minimum atomic E-state index is -0.931. The molecule has 2 saturated heterocycles. The van der Waals surface area contributed by atoms with Gasteiger partial charge in [-0.3, -0.25) is 19.6 Å². The van der Waals surface area contributed by atoms with Crippen LogP contribution < -0.4 is 5.48 Å². The average molecular weight is 428 g/mol. The first kappa shape index (κ1) is 21.6. The van der Waals surface area contributed by atoms with Crippen LogP contribution in [0.5, 0.6) is 0 Å². The van der Waals surface area contributed by atoms with E-state index in [1.807, 2.05) is 23.0 Å². The van der Waals surface area contributed by atoms with Gasteiger partial charge < -0.3 is 9.84 Å². The molecule has 2 aromatic rings. The summed E-state index contributed by atoms with van der Waals surface area (Å²) in [4.78, 5) is 13.5. The zero-order valence-corrected chi connectivity index (χ0v) is 17.5. The summed E-state index contributed by atoms with van der Waals surface area (Å²) in [6.45, 7) is 3.71. The Morgan fingerprint density at radius 3 is 2.81 bits per heavy atom. The van der Waals surface area contributed by atoms with Crippen molar-refractivity contribution in [1.29, 1.82) is 0 Å². The molecule has 1 amide bonds. The Morgan fingerprint density at radius 1 is 1.29 bits per heavy atom. The Kier molecular flexibility index (Phi) is 6.77. The van der Waals surface area contributed by atoms with E-state index >= 15 is 0 Å². The highest BCUT2D eigenvalue weighted by atomic mass is 16.5. The summed E-state index contributed by atoms with van der Waals surface area (Å²) in [5.74, 6) is -0.552. The van der Waals surface area contributed by atoms with Crippen molar-refractivity contribution in [1.82, 2.24) is 25.4 Å². The molecule has 0 saturated carbocycles. The highest BCUT2D eigenvalue weighted by Gasteiger charge is 2.35. The van der Waals surface area contributed by atoms with Crippen LogP contribution in [-0.4, -0.2) is 61.9 Å². The summed E-state index contributed by atoms with van der Waals surface area (Å²) in [5.41, 5.74) is 3.38. The number of benzene rings is 1. The molecule has 1 aromatic heterocycles. The lowest BCUT2D eigenvalue weighted by molar-refractivity contribution is -0.124. The van der Waals surface area contributed by atoms with Crippen LogP contribution >= 0.6 is 0 Å². The predicted octanol–water partition coefficient (Wildman–Crippen LogP) is 1.46. The van der Waals surface area contributed by atoms with Crippen molar-refractivity contribution in [2.45, 2.75) is 50.4 Å². The fraction of sp³-hybridized carbons (Fsp3) is 0.500. The minimum Gasteiger partial charge on any atom is -0.383 e. The number of aliphatic hydroxyl groups is 1. The maximum absolute atomic E-state index is 11.1. The quantitative estimate of drug-likeness (QED) is 0.348. The molecule has 1 unspecified atom stereocenters. The summed E-state index contributed by atoms with van der Waals surface area (Å²) in [7, 11) is 0. The van der Waals surface area contributed by atoms with Crippen molar-refractivity contribution in [3.8, 4) is 0 Å². The van der Waals surface area contributed by atoms with E-state index in [-0.39, 0.29) is 0 Å². The third-order valence-corrected chi connectivity index (χ3v) is 6.14. The third kappa shape index (κ3) is 5.37. The molecule has 2 fully saturated rings. The van der Waals surface area contributed by atoms with E-state index in [2.05, 4.69) is 27.3 Å². The lowest BCUT2D eigenvalue weighted by atomic mass is 9.91. The molecule has 0 bridgehead atoms. The monoisotopic (exact) mass is 427 g/mol. The van der Waals surface area contributed by atoms with Gasteiger partial charge in [0, 0.05) is 44.7 Å². The lowest BCUT2D eigenvalue weighted by Crippen LogP contribution is -2.34. The fourth-order valence-electron chi connectivity index (χ4n) is 4.27. The SMILES string of the molecule is O=C(C=Cc1ccc(CN2CCCC2Cn2cc(C3(O)CCOCC3)nn2)cc1)NO. The summed E-state index contributed by atoms with van der Waals surface area (Å²) < 4.78 is 7.21. The topological polar surface area (TPSA) is 113 Å². The van der Waals surface area contributed by atoms with E-state index in [0.29, 0.717) is 37.8 Å². The van der Waals surface area contributed by atoms with Crippen LogP contribution in [0.3, 0.4) is 0 Å². The Morgan fingerprint density at radius 2 is 2.06 bits per heavy atom. The van der Waals surface area contributed by atoms with E-state index in [9.17, 15) is 9.90 Å². The zero-order chi connectivity index (χ0) is 21.7. The second kappa shape index (κ2) is 9.69. The average Bonchev–Trinajstić information content (AvgIpc) is 3.44. The van der Waals surface area contributed by atoms with Crippen molar-refractivity contribution in [2.24, 2.45) is 0 Å². The Labute approximate surface area is 181 Å². The maximum atomic E-state index is 11.1. The number of hydroxylamine groups is 1. The van der Waals surface area contributed by atoms with Crippen LogP contribution in [0.15, 0.2) is 36.5 Å². The number of nitrogens with one attached hydrogen (secondary N) is 1. The van der Waals surface area contributed by atoms with Crippen molar-refractivity contribution in [3.63, 3.8) is 0 Å². The molecule has 1 atom stereocenters. The Bertz CT molecular complexity index is 905. The molecule has 2 aliphatic heterocycles. The molecule has 9 nitrogen and oxygen atoms in total. The summed E-state index contributed by atoms with van der Waals surface area (Å²) in [5, 5.41) is 27.9. The first-order chi connectivity index (χ1) is 15.1. The molecule has 0 aliphatic carbocycles. The van der Waals surface area contributed by atoms with Crippen molar-refractivity contribution < 1.29 is 19.8 Å². The van der Waals surface area contributed by atoms with Gasteiger partial charge in [0.2, 0.25) is 0 Å². The molecular weight excluding hydrogens is 398 g/mol.